The van der Waals surface area contributed by atoms with E-state index in [2.05, 4.69) is 21.9 Å². The Kier molecular flexibility index (Phi) is 6.20. The van der Waals surface area contributed by atoms with Crippen LogP contribution in [0.25, 0.3) is 21.6 Å². The molecule has 2 aliphatic carbocycles. The summed E-state index contributed by atoms with van der Waals surface area (Å²) in [5.74, 6) is -1.03. The zero-order chi connectivity index (χ0) is 26.5. The molecule has 12 heteroatoms. The minimum atomic E-state index is -3.73. The van der Waals surface area contributed by atoms with E-state index in [1.807, 2.05) is 41.8 Å². The fraction of sp³-hybridized carbons (Fsp3) is 0.385. The van der Waals surface area contributed by atoms with E-state index in [9.17, 15) is 18.0 Å². The van der Waals surface area contributed by atoms with Gasteiger partial charge < -0.3 is 15.4 Å². The van der Waals surface area contributed by atoms with Gasteiger partial charge >= 0.3 is 0 Å². The number of benzene rings is 1. The number of hydrogen-bond acceptors (Lipinski definition) is 9. The van der Waals surface area contributed by atoms with E-state index >= 15 is 0 Å². The number of aromatic nitrogens is 2. The first-order valence-corrected chi connectivity index (χ1v) is 14.9. The third-order valence-electron chi connectivity index (χ3n) is 7.23. The Hall–Kier alpha value is -3.35. The summed E-state index contributed by atoms with van der Waals surface area (Å²) in [6, 6.07) is 10.8. The van der Waals surface area contributed by atoms with Crippen LogP contribution in [-0.2, 0) is 19.6 Å². The van der Waals surface area contributed by atoms with Crippen LogP contribution in [0.2, 0.25) is 0 Å². The molecule has 0 bridgehead atoms. The maximum Gasteiger partial charge on any atom is 0.259 e. The topological polar surface area (TPSA) is 139 Å². The first-order chi connectivity index (χ1) is 18.3. The highest BCUT2D eigenvalue weighted by Gasteiger charge is 2.61. The van der Waals surface area contributed by atoms with Crippen LogP contribution in [0.5, 0.6) is 5.88 Å². The van der Waals surface area contributed by atoms with Crippen molar-refractivity contribution in [2.45, 2.75) is 48.6 Å². The Bertz CT molecular complexity index is 1520. The molecule has 198 valence electrons. The molecule has 0 unspecified atom stereocenters. The highest BCUT2D eigenvalue weighted by atomic mass is 32.2. The summed E-state index contributed by atoms with van der Waals surface area (Å²) in [4.78, 5) is 36.5. The van der Waals surface area contributed by atoms with Gasteiger partial charge in [-0.1, -0.05) is 24.3 Å². The predicted octanol–water partition coefficient (Wildman–Crippen LogP) is 2.14. The lowest BCUT2D eigenvalue weighted by Gasteiger charge is -2.21. The van der Waals surface area contributed by atoms with Crippen molar-refractivity contribution in [1.29, 1.82) is 0 Å². The zero-order valence-electron chi connectivity index (χ0n) is 20.4. The number of carbonyl (C=O) groups excluding carboxylic acids is 2. The minimum absolute atomic E-state index is 0.303. The molecule has 2 saturated carbocycles. The summed E-state index contributed by atoms with van der Waals surface area (Å²) in [6.45, 7) is 4.13. The number of amides is 2. The van der Waals surface area contributed by atoms with Gasteiger partial charge in [-0.3, -0.25) is 14.3 Å². The molecule has 3 fully saturated rings. The smallest absolute Gasteiger partial charge is 0.259 e. The predicted molar refractivity (Wildman–Crippen MR) is 143 cm³/mol. The standard InChI is InChI=1S/C26H27N5O5S2/c1-2-15-13-26(15,25(33)31-38(34,35)17-9-10-17)30-23(32)20-12-16(14-27-20)36-24-22(21-8-5-11-37-21)28-18-6-3-4-7-19(18)29-24/h2-8,11,15-17,20,27H,1,9-10,12-14H2,(H,30,32)(H,31,33)/t15-,16-,20+,26-/m1/s1. The van der Waals surface area contributed by atoms with Gasteiger partial charge in [0, 0.05) is 18.9 Å². The number of rotatable bonds is 9. The Morgan fingerprint density at radius 3 is 2.58 bits per heavy atom. The average Bonchev–Trinajstić information content (AvgIpc) is 3.76. The highest BCUT2D eigenvalue weighted by molar-refractivity contribution is 7.91. The van der Waals surface area contributed by atoms with Crippen molar-refractivity contribution in [3.05, 3.63) is 54.4 Å². The molecule has 3 N–H and O–H groups in total. The third kappa shape index (κ3) is 4.67. The molecule has 10 nitrogen and oxygen atoms in total. The molecule has 2 aromatic heterocycles. The second-order valence-corrected chi connectivity index (χ2v) is 12.9. The van der Waals surface area contributed by atoms with E-state index in [-0.39, 0.29) is 17.9 Å². The van der Waals surface area contributed by atoms with Crippen molar-refractivity contribution in [2.24, 2.45) is 5.92 Å². The number of para-hydroxylation sites is 2. The van der Waals surface area contributed by atoms with Crippen molar-refractivity contribution in [3.63, 3.8) is 0 Å². The average molecular weight is 554 g/mol. The molecule has 38 heavy (non-hydrogen) atoms. The number of ether oxygens (including phenoxy) is 1. The molecular formula is C26H27N5O5S2. The molecule has 2 amide bonds. The van der Waals surface area contributed by atoms with Gasteiger partial charge in [0.2, 0.25) is 21.8 Å². The number of thiophene rings is 1. The summed E-state index contributed by atoms with van der Waals surface area (Å²) < 4.78 is 33.1. The number of carbonyl (C=O) groups is 2. The summed E-state index contributed by atoms with van der Waals surface area (Å²) in [5, 5.41) is 7.39. The Morgan fingerprint density at radius 1 is 1.16 bits per heavy atom. The van der Waals surface area contributed by atoms with Gasteiger partial charge in [-0.25, -0.2) is 18.4 Å². The lowest BCUT2D eigenvalue weighted by atomic mass is 10.1. The second-order valence-electron chi connectivity index (χ2n) is 9.96. The molecule has 1 aliphatic heterocycles. The van der Waals surface area contributed by atoms with E-state index in [0.29, 0.717) is 49.3 Å². The van der Waals surface area contributed by atoms with E-state index in [0.717, 1.165) is 10.4 Å². The van der Waals surface area contributed by atoms with Crippen molar-refractivity contribution >= 4 is 44.2 Å². The van der Waals surface area contributed by atoms with Gasteiger partial charge in [0.15, 0.2) is 0 Å². The van der Waals surface area contributed by atoms with Crippen molar-refractivity contribution < 1.29 is 22.7 Å². The van der Waals surface area contributed by atoms with Crippen LogP contribution >= 0.6 is 11.3 Å². The molecule has 3 heterocycles. The summed E-state index contributed by atoms with van der Waals surface area (Å²) in [6.07, 6.45) is 2.95. The Morgan fingerprint density at radius 2 is 1.92 bits per heavy atom. The van der Waals surface area contributed by atoms with Crippen LogP contribution in [0, 0.1) is 5.92 Å². The van der Waals surface area contributed by atoms with Gasteiger partial charge in [0.1, 0.15) is 17.3 Å². The van der Waals surface area contributed by atoms with Crippen LogP contribution < -0.4 is 20.1 Å². The maximum atomic E-state index is 13.2. The molecule has 3 aromatic rings. The number of hydrogen-bond donors (Lipinski definition) is 3. The first-order valence-electron chi connectivity index (χ1n) is 12.5. The molecule has 6 rings (SSSR count). The molecule has 1 aromatic carbocycles. The van der Waals surface area contributed by atoms with Crippen LogP contribution in [0.4, 0.5) is 0 Å². The van der Waals surface area contributed by atoms with Crippen LogP contribution in [-0.4, -0.2) is 59.7 Å². The SMILES string of the molecule is C=C[C@@H]1C[C@]1(NC(=O)[C@@H]1C[C@@H](Oc2nc3ccccc3nc2-c2cccs2)CN1)C(=O)NS(=O)(=O)C1CC1. The van der Waals surface area contributed by atoms with E-state index in [1.165, 1.54) is 11.3 Å². The third-order valence-corrected chi connectivity index (χ3v) is 9.92. The largest absolute Gasteiger partial charge is 0.471 e. The van der Waals surface area contributed by atoms with Gasteiger partial charge in [0.25, 0.3) is 5.91 Å². The summed E-state index contributed by atoms with van der Waals surface area (Å²) >= 11 is 1.54. The van der Waals surface area contributed by atoms with E-state index in [4.69, 9.17) is 14.7 Å². The quantitative estimate of drug-likeness (QED) is 0.343. The van der Waals surface area contributed by atoms with Gasteiger partial charge in [-0.15, -0.1) is 17.9 Å². The highest BCUT2D eigenvalue weighted by Crippen LogP contribution is 2.45. The summed E-state index contributed by atoms with van der Waals surface area (Å²) in [7, 11) is -3.73. The number of sulfonamides is 1. The number of fused-ring (bicyclic) bond motifs is 1. The van der Waals surface area contributed by atoms with Crippen LogP contribution in [0.3, 0.4) is 0 Å². The van der Waals surface area contributed by atoms with Gasteiger partial charge in [-0.2, -0.15) is 0 Å². The molecular weight excluding hydrogens is 526 g/mol. The number of nitrogens with zero attached hydrogens (tertiary/aromatic N) is 2. The van der Waals surface area contributed by atoms with E-state index in [1.54, 1.807) is 6.08 Å². The van der Waals surface area contributed by atoms with Crippen molar-refractivity contribution in [2.75, 3.05) is 6.54 Å². The van der Waals surface area contributed by atoms with Gasteiger partial charge in [-0.05, 0) is 42.8 Å². The Balaban J connectivity index is 1.15. The van der Waals surface area contributed by atoms with Gasteiger partial charge in [0.05, 0.1) is 27.2 Å². The second kappa shape index (κ2) is 9.44. The lowest BCUT2D eigenvalue weighted by molar-refractivity contribution is -0.130. The fourth-order valence-corrected chi connectivity index (χ4v) is 6.88. The van der Waals surface area contributed by atoms with Crippen LogP contribution in [0.1, 0.15) is 25.7 Å². The lowest BCUT2D eigenvalue weighted by Crippen LogP contribution is -2.55. The monoisotopic (exact) mass is 553 g/mol. The first kappa shape index (κ1) is 25.0. The van der Waals surface area contributed by atoms with Crippen LogP contribution in [0.15, 0.2) is 54.4 Å². The zero-order valence-corrected chi connectivity index (χ0v) is 22.1. The Labute approximate surface area is 223 Å². The molecule has 3 aliphatic rings. The normalized spacial score (nSPS) is 26.6. The minimum Gasteiger partial charge on any atom is -0.471 e. The van der Waals surface area contributed by atoms with Crippen molar-refractivity contribution in [1.82, 2.24) is 25.3 Å². The summed E-state index contributed by atoms with van der Waals surface area (Å²) in [5.41, 5.74) is 0.809. The number of nitrogens with one attached hydrogen (secondary N) is 3. The van der Waals surface area contributed by atoms with E-state index < -0.39 is 32.8 Å². The van der Waals surface area contributed by atoms with Crippen molar-refractivity contribution in [3.8, 4) is 16.5 Å². The maximum absolute atomic E-state index is 13.2. The molecule has 4 atom stereocenters. The molecule has 0 spiro atoms. The fourth-order valence-electron chi connectivity index (χ4n) is 4.81. The molecule has 0 radical (unpaired) electrons. The molecule has 1 saturated heterocycles.